The molecule has 0 unspecified atom stereocenters. The maximum Gasteiger partial charge on any atom is 0.0622 e. The van der Waals surface area contributed by atoms with Crippen molar-refractivity contribution >= 4 is 0 Å². The Balaban J connectivity index is 1.58. The van der Waals surface area contributed by atoms with Crippen LogP contribution in [0.25, 0.3) is 0 Å². The molecule has 0 heterocycles. The standard InChI is InChI=1S/C30H52O3/c1-25(2)21-10-14-30(8)24(28(21,6)13-11-22(25)32)20(31)17-19-23-18(26(3,4)33)9-12-27(23,5)15-16-29(19,30)7/h18-24,31-33H,9-17H2,1-8H3/t18-,19-,20-,21+,22+,23-,24-,27-,28+,29-,30-/m1/s1. The van der Waals surface area contributed by atoms with E-state index in [-0.39, 0.29) is 33.9 Å². The molecule has 0 aliphatic heterocycles. The second-order valence-corrected chi connectivity index (χ2v) is 15.7. The molecule has 5 aliphatic rings. The monoisotopic (exact) mass is 460 g/mol. The molecule has 5 rings (SSSR count). The summed E-state index contributed by atoms with van der Waals surface area (Å²) in [5.41, 5.74) is -0.0634. The minimum atomic E-state index is -0.656. The van der Waals surface area contributed by atoms with E-state index < -0.39 is 5.60 Å². The molecule has 0 saturated heterocycles. The average molecular weight is 461 g/mol. The molecule has 190 valence electrons. The summed E-state index contributed by atoms with van der Waals surface area (Å²) in [5.74, 6) is 2.07. The van der Waals surface area contributed by atoms with Gasteiger partial charge in [-0.2, -0.15) is 0 Å². The van der Waals surface area contributed by atoms with E-state index in [2.05, 4.69) is 41.5 Å². The fraction of sp³-hybridized carbons (Fsp3) is 1.00. The van der Waals surface area contributed by atoms with Crippen LogP contribution in [0.15, 0.2) is 0 Å². The fourth-order valence-electron chi connectivity index (χ4n) is 11.8. The van der Waals surface area contributed by atoms with Crippen molar-refractivity contribution in [3.63, 3.8) is 0 Å². The Morgan fingerprint density at radius 1 is 0.758 bits per heavy atom. The first kappa shape index (κ1) is 24.6. The topological polar surface area (TPSA) is 60.7 Å². The van der Waals surface area contributed by atoms with Gasteiger partial charge in [0.2, 0.25) is 0 Å². The molecule has 3 nitrogen and oxygen atoms in total. The van der Waals surface area contributed by atoms with Gasteiger partial charge in [-0.3, -0.25) is 0 Å². The van der Waals surface area contributed by atoms with Gasteiger partial charge < -0.3 is 15.3 Å². The third-order valence-electron chi connectivity index (χ3n) is 13.7. The van der Waals surface area contributed by atoms with Crippen molar-refractivity contribution in [1.82, 2.24) is 0 Å². The third-order valence-corrected chi connectivity index (χ3v) is 13.7. The first-order valence-electron chi connectivity index (χ1n) is 14.1. The zero-order chi connectivity index (χ0) is 24.4. The summed E-state index contributed by atoms with van der Waals surface area (Å²) in [6.45, 7) is 18.7. The zero-order valence-electron chi connectivity index (χ0n) is 22.7. The number of aliphatic hydroxyl groups excluding tert-OH is 2. The van der Waals surface area contributed by atoms with Crippen molar-refractivity contribution in [2.45, 2.75) is 131 Å². The molecule has 0 aromatic heterocycles. The predicted molar refractivity (Wildman–Crippen MR) is 134 cm³/mol. The van der Waals surface area contributed by atoms with Gasteiger partial charge in [0.1, 0.15) is 0 Å². The molecule has 33 heavy (non-hydrogen) atoms. The van der Waals surface area contributed by atoms with Crippen LogP contribution >= 0.6 is 0 Å². The molecule has 0 amide bonds. The molecule has 5 aliphatic carbocycles. The molecular weight excluding hydrogens is 408 g/mol. The Morgan fingerprint density at radius 3 is 2.06 bits per heavy atom. The largest absolute Gasteiger partial charge is 0.393 e. The first-order valence-corrected chi connectivity index (χ1v) is 14.1. The quantitative estimate of drug-likeness (QED) is 0.437. The predicted octanol–water partition coefficient (Wildman–Crippen LogP) is 6.19. The van der Waals surface area contributed by atoms with Gasteiger partial charge in [0.25, 0.3) is 0 Å². The Labute approximate surface area is 203 Å². The summed E-state index contributed by atoms with van der Waals surface area (Å²) >= 11 is 0. The maximum atomic E-state index is 12.0. The Bertz CT molecular complexity index is 799. The minimum absolute atomic E-state index is 0.0786. The number of hydrogen-bond acceptors (Lipinski definition) is 3. The van der Waals surface area contributed by atoms with Gasteiger partial charge in [-0.1, -0.05) is 41.5 Å². The lowest BCUT2D eigenvalue weighted by Gasteiger charge is -2.73. The molecule has 3 N–H and O–H groups in total. The van der Waals surface area contributed by atoms with Crippen molar-refractivity contribution in [3.05, 3.63) is 0 Å². The molecule has 11 atom stereocenters. The number of fused-ring (bicyclic) bond motifs is 7. The highest BCUT2D eigenvalue weighted by molar-refractivity contribution is 5.21. The van der Waals surface area contributed by atoms with Crippen LogP contribution in [-0.4, -0.2) is 33.1 Å². The van der Waals surface area contributed by atoms with E-state index in [1.54, 1.807) is 0 Å². The van der Waals surface area contributed by atoms with E-state index in [0.29, 0.717) is 35.0 Å². The molecule has 5 fully saturated rings. The molecule has 0 spiro atoms. The molecular formula is C30H52O3. The normalized spacial score (nSPS) is 58.1. The highest BCUT2D eigenvalue weighted by atomic mass is 16.3. The molecule has 0 bridgehead atoms. The highest BCUT2D eigenvalue weighted by Crippen LogP contribution is 2.77. The van der Waals surface area contributed by atoms with Crippen LogP contribution in [0.1, 0.15) is 113 Å². The lowest BCUT2D eigenvalue weighted by Crippen LogP contribution is -2.70. The van der Waals surface area contributed by atoms with Crippen LogP contribution in [0.3, 0.4) is 0 Å². The van der Waals surface area contributed by atoms with E-state index in [1.165, 1.54) is 25.7 Å². The summed E-state index contributed by atoms with van der Waals surface area (Å²) < 4.78 is 0. The van der Waals surface area contributed by atoms with Gasteiger partial charge in [0.15, 0.2) is 0 Å². The highest BCUT2D eigenvalue weighted by Gasteiger charge is 2.72. The Hall–Kier alpha value is -0.120. The van der Waals surface area contributed by atoms with Crippen molar-refractivity contribution in [2.75, 3.05) is 0 Å². The number of rotatable bonds is 1. The first-order chi connectivity index (χ1) is 15.0. The smallest absolute Gasteiger partial charge is 0.0622 e. The van der Waals surface area contributed by atoms with Crippen LogP contribution in [0, 0.1) is 56.7 Å². The van der Waals surface area contributed by atoms with E-state index in [4.69, 9.17) is 0 Å². The van der Waals surface area contributed by atoms with Gasteiger partial charge in [-0.15, -0.1) is 0 Å². The summed E-state index contributed by atoms with van der Waals surface area (Å²) in [6, 6.07) is 0. The molecule has 0 aromatic carbocycles. The third kappa shape index (κ3) is 2.97. The zero-order valence-corrected chi connectivity index (χ0v) is 22.7. The number of aliphatic hydroxyl groups is 3. The van der Waals surface area contributed by atoms with Crippen molar-refractivity contribution in [1.29, 1.82) is 0 Å². The van der Waals surface area contributed by atoms with Crippen molar-refractivity contribution in [2.24, 2.45) is 56.7 Å². The minimum Gasteiger partial charge on any atom is -0.393 e. The Kier molecular flexibility index (Phi) is 5.21. The van der Waals surface area contributed by atoms with E-state index >= 15 is 0 Å². The average Bonchev–Trinajstić information content (AvgIpc) is 3.05. The van der Waals surface area contributed by atoms with E-state index in [1.807, 2.05) is 13.8 Å². The van der Waals surface area contributed by atoms with Crippen LogP contribution in [0.5, 0.6) is 0 Å². The fourth-order valence-corrected chi connectivity index (χ4v) is 11.8. The van der Waals surface area contributed by atoms with Crippen LogP contribution < -0.4 is 0 Å². The van der Waals surface area contributed by atoms with Crippen LogP contribution in [-0.2, 0) is 0 Å². The number of hydrogen-bond donors (Lipinski definition) is 3. The second kappa shape index (κ2) is 7.00. The van der Waals surface area contributed by atoms with Gasteiger partial charge in [0.05, 0.1) is 17.8 Å². The van der Waals surface area contributed by atoms with Gasteiger partial charge >= 0.3 is 0 Å². The Morgan fingerprint density at radius 2 is 1.42 bits per heavy atom. The SMILES string of the molecule is CC(C)(O)[C@@H]1CC[C@]2(C)CC[C@]3(C)[C@H](C[C@@H](O)[C@@H]4[C@@]5(C)CC[C@H](O)C(C)(C)[C@@H]5CC[C@]43C)[C@@H]12. The van der Waals surface area contributed by atoms with Crippen molar-refractivity contribution < 1.29 is 15.3 Å². The molecule has 0 aromatic rings. The maximum absolute atomic E-state index is 12.0. The van der Waals surface area contributed by atoms with E-state index in [0.717, 1.165) is 32.1 Å². The van der Waals surface area contributed by atoms with Crippen LogP contribution in [0.4, 0.5) is 0 Å². The summed E-state index contributed by atoms with van der Waals surface area (Å²) in [4.78, 5) is 0. The van der Waals surface area contributed by atoms with Gasteiger partial charge in [-0.05, 0) is 128 Å². The summed E-state index contributed by atoms with van der Waals surface area (Å²) in [7, 11) is 0. The van der Waals surface area contributed by atoms with Crippen molar-refractivity contribution in [3.8, 4) is 0 Å². The molecule has 3 heteroatoms. The summed E-state index contributed by atoms with van der Waals surface area (Å²) in [6.07, 6.45) is 9.48. The van der Waals surface area contributed by atoms with Gasteiger partial charge in [0, 0.05) is 0 Å². The second-order valence-electron chi connectivity index (χ2n) is 15.7. The van der Waals surface area contributed by atoms with Crippen LogP contribution in [0.2, 0.25) is 0 Å². The lowest BCUT2D eigenvalue weighted by atomic mass is 9.31. The lowest BCUT2D eigenvalue weighted by molar-refractivity contribution is -0.279. The van der Waals surface area contributed by atoms with E-state index in [9.17, 15) is 15.3 Å². The summed E-state index contributed by atoms with van der Waals surface area (Å²) in [5, 5.41) is 34.1. The molecule has 0 radical (unpaired) electrons. The molecule has 5 saturated carbocycles. The van der Waals surface area contributed by atoms with Gasteiger partial charge in [-0.25, -0.2) is 0 Å².